The summed E-state index contributed by atoms with van der Waals surface area (Å²) in [6, 6.07) is 7.98. The first-order valence-corrected chi connectivity index (χ1v) is 9.18. The summed E-state index contributed by atoms with van der Waals surface area (Å²) in [5.74, 6) is 0.225. The fourth-order valence-electron chi connectivity index (χ4n) is 2.53. The number of allylic oxidation sites excluding steroid dienone is 1. The third-order valence-corrected chi connectivity index (χ3v) is 5.36. The fourth-order valence-corrected chi connectivity index (χ4v) is 4.14. The summed E-state index contributed by atoms with van der Waals surface area (Å²) in [4.78, 5) is 14.6. The zero-order chi connectivity index (χ0) is 16.5. The van der Waals surface area contributed by atoms with Crippen LogP contribution in [0.3, 0.4) is 0 Å². The number of fused-ring (bicyclic) bond motifs is 1. The molecule has 0 aliphatic carbocycles. The van der Waals surface area contributed by atoms with Crippen LogP contribution in [0.15, 0.2) is 45.8 Å². The molecule has 1 aliphatic heterocycles. The van der Waals surface area contributed by atoms with Crippen LogP contribution in [0.1, 0.15) is 17.4 Å². The van der Waals surface area contributed by atoms with Crippen LogP contribution in [0.5, 0.6) is 5.88 Å². The third kappa shape index (κ3) is 2.61. The lowest BCUT2D eigenvalue weighted by molar-refractivity contribution is 0.416. The zero-order valence-electron chi connectivity index (χ0n) is 12.9. The summed E-state index contributed by atoms with van der Waals surface area (Å²) in [7, 11) is 0. The van der Waals surface area contributed by atoms with Gasteiger partial charge >= 0.3 is 0 Å². The SMILES string of the molecule is CCn1c(O)c(/C=C2\C=Nc3ccccc32)s/c1=N/c1nccs1. The van der Waals surface area contributed by atoms with Gasteiger partial charge in [0.15, 0.2) is 4.80 Å². The lowest BCUT2D eigenvalue weighted by Crippen LogP contribution is -2.12. The number of hydrogen-bond donors (Lipinski definition) is 1. The minimum atomic E-state index is 0.225. The highest BCUT2D eigenvalue weighted by Gasteiger charge is 2.15. The van der Waals surface area contributed by atoms with Gasteiger partial charge < -0.3 is 5.11 Å². The normalized spacial score (nSPS) is 15.4. The molecule has 7 heteroatoms. The number of thiazole rings is 2. The predicted molar refractivity (Wildman–Crippen MR) is 99.4 cm³/mol. The van der Waals surface area contributed by atoms with Crippen molar-refractivity contribution in [1.82, 2.24) is 9.55 Å². The molecule has 0 saturated heterocycles. The molecule has 1 N–H and O–H groups in total. The Hall–Kier alpha value is -2.51. The van der Waals surface area contributed by atoms with Crippen molar-refractivity contribution in [2.24, 2.45) is 9.98 Å². The van der Waals surface area contributed by atoms with Crippen molar-refractivity contribution < 1.29 is 5.11 Å². The number of nitrogens with zero attached hydrogens (tertiary/aromatic N) is 4. The van der Waals surface area contributed by atoms with Crippen molar-refractivity contribution in [3.05, 3.63) is 51.1 Å². The average Bonchev–Trinajstić information content (AvgIpc) is 3.30. The Kier molecular flexibility index (Phi) is 3.87. The molecule has 4 rings (SSSR count). The molecule has 0 amide bonds. The number of rotatable bonds is 3. The Morgan fingerprint density at radius 2 is 2.21 bits per heavy atom. The van der Waals surface area contributed by atoms with E-state index in [0.717, 1.165) is 26.5 Å². The molecule has 1 aromatic carbocycles. The first-order chi connectivity index (χ1) is 11.8. The Morgan fingerprint density at radius 1 is 1.33 bits per heavy atom. The van der Waals surface area contributed by atoms with E-state index in [4.69, 9.17) is 0 Å². The summed E-state index contributed by atoms with van der Waals surface area (Å²) in [6.07, 6.45) is 5.52. The van der Waals surface area contributed by atoms with Crippen LogP contribution in [-0.2, 0) is 6.54 Å². The topological polar surface area (TPSA) is 62.8 Å². The largest absolute Gasteiger partial charge is 0.493 e. The molecule has 120 valence electrons. The lowest BCUT2D eigenvalue weighted by Gasteiger charge is -2.00. The van der Waals surface area contributed by atoms with E-state index in [1.165, 1.54) is 22.7 Å². The first-order valence-electron chi connectivity index (χ1n) is 7.48. The molecule has 0 saturated carbocycles. The molecule has 2 aromatic heterocycles. The van der Waals surface area contributed by atoms with Crippen LogP contribution in [0, 0.1) is 0 Å². The summed E-state index contributed by atoms with van der Waals surface area (Å²) >= 11 is 2.92. The second-order valence-electron chi connectivity index (χ2n) is 5.12. The van der Waals surface area contributed by atoms with Gasteiger partial charge in [0.1, 0.15) is 0 Å². The average molecular weight is 354 g/mol. The Morgan fingerprint density at radius 3 is 3.00 bits per heavy atom. The van der Waals surface area contributed by atoms with Gasteiger partial charge in [-0.15, -0.1) is 11.3 Å². The number of aliphatic imine (C=N–C) groups is 1. The molecule has 0 atom stereocenters. The van der Waals surface area contributed by atoms with Gasteiger partial charge in [-0.25, -0.2) is 4.98 Å². The second kappa shape index (κ2) is 6.18. The van der Waals surface area contributed by atoms with Gasteiger partial charge in [0.2, 0.25) is 11.0 Å². The molecular formula is C17H14N4OS2. The molecule has 0 spiro atoms. The monoisotopic (exact) mass is 354 g/mol. The molecule has 0 bridgehead atoms. The number of benzene rings is 1. The second-order valence-corrected chi connectivity index (χ2v) is 7.00. The number of para-hydroxylation sites is 1. The summed E-state index contributed by atoms with van der Waals surface area (Å²) < 4.78 is 1.79. The van der Waals surface area contributed by atoms with Gasteiger partial charge in [-0.05, 0) is 19.1 Å². The summed E-state index contributed by atoms with van der Waals surface area (Å²) in [5, 5.41) is 13.1. The highest BCUT2D eigenvalue weighted by molar-refractivity contribution is 7.13. The van der Waals surface area contributed by atoms with Crippen LogP contribution in [0.25, 0.3) is 11.6 Å². The van der Waals surface area contributed by atoms with Gasteiger partial charge in [0.05, 0.1) is 10.6 Å². The fraction of sp³-hybridized carbons (Fsp3) is 0.118. The van der Waals surface area contributed by atoms with E-state index in [1.807, 2.05) is 48.9 Å². The molecular weight excluding hydrogens is 340 g/mol. The Bertz CT molecular complexity index is 1010. The van der Waals surface area contributed by atoms with E-state index >= 15 is 0 Å². The van der Waals surface area contributed by atoms with E-state index in [1.54, 1.807) is 10.8 Å². The van der Waals surface area contributed by atoms with Crippen molar-refractivity contribution in [3.8, 4) is 5.88 Å². The molecule has 1 aliphatic rings. The van der Waals surface area contributed by atoms with E-state index in [-0.39, 0.29) is 5.88 Å². The molecule has 24 heavy (non-hydrogen) atoms. The van der Waals surface area contributed by atoms with Crippen molar-refractivity contribution in [1.29, 1.82) is 0 Å². The highest BCUT2D eigenvalue weighted by atomic mass is 32.1. The molecule has 0 fully saturated rings. The maximum Gasteiger partial charge on any atom is 0.211 e. The minimum Gasteiger partial charge on any atom is -0.493 e. The van der Waals surface area contributed by atoms with E-state index < -0.39 is 0 Å². The van der Waals surface area contributed by atoms with E-state index in [2.05, 4.69) is 15.0 Å². The van der Waals surface area contributed by atoms with Crippen molar-refractivity contribution in [2.45, 2.75) is 13.5 Å². The van der Waals surface area contributed by atoms with Crippen molar-refractivity contribution in [2.75, 3.05) is 0 Å². The molecule has 5 nitrogen and oxygen atoms in total. The highest BCUT2D eigenvalue weighted by Crippen LogP contribution is 2.34. The van der Waals surface area contributed by atoms with Gasteiger partial charge in [-0.3, -0.25) is 9.56 Å². The van der Waals surface area contributed by atoms with Gasteiger partial charge in [-0.1, -0.05) is 29.5 Å². The first kappa shape index (κ1) is 15.0. The molecule has 0 unspecified atom stereocenters. The maximum absolute atomic E-state index is 10.6. The standard InChI is InChI=1S/C17H14N4OS2/c1-2-21-15(22)14(24-17(21)20-16-18-7-8-23-16)9-11-10-19-13-6-4-3-5-12(11)13/h3-10,22H,2H2,1H3/b11-9+,20-17+. The summed E-state index contributed by atoms with van der Waals surface area (Å²) in [5.41, 5.74) is 3.02. The number of aromatic nitrogens is 2. The van der Waals surface area contributed by atoms with Crippen LogP contribution < -0.4 is 4.80 Å². The molecule has 3 heterocycles. The van der Waals surface area contributed by atoms with Gasteiger partial charge in [-0.2, -0.15) is 4.99 Å². The van der Waals surface area contributed by atoms with Crippen LogP contribution in [0.4, 0.5) is 10.8 Å². The maximum atomic E-state index is 10.6. The van der Waals surface area contributed by atoms with Crippen molar-refractivity contribution in [3.63, 3.8) is 0 Å². The van der Waals surface area contributed by atoms with Gasteiger partial charge in [0.25, 0.3) is 0 Å². The zero-order valence-corrected chi connectivity index (χ0v) is 14.5. The van der Waals surface area contributed by atoms with E-state index in [0.29, 0.717) is 11.7 Å². The predicted octanol–water partition coefficient (Wildman–Crippen LogP) is 4.22. The smallest absolute Gasteiger partial charge is 0.211 e. The Labute approximate surface area is 146 Å². The van der Waals surface area contributed by atoms with E-state index in [9.17, 15) is 5.11 Å². The number of aromatic hydroxyl groups is 1. The van der Waals surface area contributed by atoms with Crippen LogP contribution in [-0.4, -0.2) is 20.9 Å². The quantitative estimate of drug-likeness (QED) is 0.765. The molecule has 0 radical (unpaired) electrons. The Balaban J connectivity index is 1.82. The summed E-state index contributed by atoms with van der Waals surface area (Å²) in [6.45, 7) is 2.62. The van der Waals surface area contributed by atoms with Crippen molar-refractivity contribution >= 4 is 51.4 Å². The minimum absolute atomic E-state index is 0.225. The third-order valence-electron chi connectivity index (χ3n) is 3.68. The van der Waals surface area contributed by atoms with Crippen LogP contribution >= 0.6 is 22.7 Å². The lowest BCUT2D eigenvalue weighted by atomic mass is 10.1. The molecule has 3 aromatic rings. The van der Waals surface area contributed by atoms with Crippen LogP contribution in [0.2, 0.25) is 0 Å². The van der Waals surface area contributed by atoms with Gasteiger partial charge in [0, 0.05) is 35.5 Å². The number of hydrogen-bond acceptors (Lipinski definition) is 6.